The standard InChI is InChI=1S/C28H42O3/c1-17(2)21-7-6-12-28(30)16-24-22-9-8-19-15-20(31-18(3)29)10-13-26(19,4)23(22)11-14-27(24,5)25(21)28/h6-8,17,20-25,30H,9-16H2,1-5H3. The van der Waals surface area contributed by atoms with E-state index < -0.39 is 5.60 Å². The summed E-state index contributed by atoms with van der Waals surface area (Å²) in [4.78, 5) is 11.5. The Hall–Kier alpha value is -1.09. The van der Waals surface area contributed by atoms with Crippen molar-refractivity contribution in [2.45, 2.75) is 97.7 Å². The van der Waals surface area contributed by atoms with Crippen LogP contribution in [0.5, 0.6) is 0 Å². The molecule has 0 saturated heterocycles. The molecule has 0 amide bonds. The summed E-state index contributed by atoms with van der Waals surface area (Å²) in [6.07, 6.45) is 15.8. The monoisotopic (exact) mass is 426 g/mol. The number of aliphatic hydroxyl groups is 1. The first-order chi connectivity index (χ1) is 14.6. The topological polar surface area (TPSA) is 46.5 Å². The molecule has 3 fully saturated rings. The van der Waals surface area contributed by atoms with E-state index in [9.17, 15) is 9.90 Å². The van der Waals surface area contributed by atoms with E-state index in [1.54, 1.807) is 5.57 Å². The molecule has 0 aromatic carbocycles. The van der Waals surface area contributed by atoms with E-state index in [1.165, 1.54) is 19.8 Å². The minimum Gasteiger partial charge on any atom is -0.462 e. The molecular weight excluding hydrogens is 384 g/mol. The smallest absolute Gasteiger partial charge is 0.302 e. The van der Waals surface area contributed by atoms with Crippen molar-refractivity contribution in [3.63, 3.8) is 0 Å². The summed E-state index contributed by atoms with van der Waals surface area (Å²) in [6, 6.07) is 0. The lowest BCUT2D eigenvalue weighted by atomic mass is 9.46. The second-order valence-electron chi connectivity index (χ2n) is 12.5. The van der Waals surface area contributed by atoms with Gasteiger partial charge in [-0.3, -0.25) is 4.79 Å². The summed E-state index contributed by atoms with van der Waals surface area (Å²) >= 11 is 0. The maximum absolute atomic E-state index is 11.9. The van der Waals surface area contributed by atoms with E-state index in [0.29, 0.717) is 35.5 Å². The van der Waals surface area contributed by atoms with Crippen molar-refractivity contribution in [3.8, 4) is 0 Å². The molecule has 1 N–H and O–H groups in total. The van der Waals surface area contributed by atoms with Crippen LogP contribution in [0.3, 0.4) is 0 Å². The molecule has 0 aromatic heterocycles. The van der Waals surface area contributed by atoms with Crippen LogP contribution in [0.15, 0.2) is 23.8 Å². The van der Waals surface area contributed by atoms with Crippen molar-refractivity contribution in [1.82, 2.24) is 0 Å². The number of fused-ring (bicyclic) bond motifs is 7. The molecule has 3 saturated carbocycles. The van der Waals surface area contributed by atoms with Gasteiger partial charge in [-0.05, 0) is 85.4 Å². The highest BCUT2D eigenvalue weighted by molar-refractivity contribution is 5.66. The van der Waals surface area contributed by atoms with E-state index >= 15 is 0 Å². The van der Waals surface area contributed by atoms with Gasteiger partial charge in [0.05, 0.1) is 5.60 Å². The van der Waals surface area contributed by atoms with E-state index in [4.69, 9.17) is 4.74 Å². The zero-order valence-electron chi connectivity index (χ0n) is 20.2. The van der Waals surface area contributed by atoms with Crippen LogP contribution in [-0.4, -0.2) is 22.8 Å². The van der Waals surface area contributed by atoms with Gasteiger partial charge in [-0.1, -0.05) is 51.5 Å². The Balaban J connectivity index is 1.45. The van der Waals surface area contributed by atoms with E-state index in [-0.39, 0.29) is 22.9 Å². The third kappa shape index (κ3) is 3.12. The summed E-state index contributed by atoms with van der Waals surface area (Å²) in [7, 11) is 0. The third-order valence-electron chi connectivity index (χ3n) is 10.7. The van der Waals surface area contributed by atoms with Gasteiger partial charge in [-0.2, -0.15) is 0 Å². The number of hydrogen-bond acceptors (Lipinski definition) is 3. The van der Waals surface area contributed by atoms with Crippen LogP contribution in [-0.2, 0) is 9.53 Å². The Labute approximate surface area is 188 Å². The van der Waals surface area contributed by atoms with Gasteiger partial charge in [0.25, 0.3) is 0 Å². The van der Waals surface area contributed by atoms with Crippen molar-refractivity contribution in [3.05, 3.63) is 23.8 Å². The third-order valence-corrected chi connectivity index (χ3v) is 10.7. The molecule has 172 valence electrons. The summed E-state index contributed by atoms with van der Waals surface area (Å²) in [6.45, 7) is 11.2. The van der Waals surface area contributed by atoms with Crippen LogP contribution in [0.1, 0.15) is 86.0 Å². The van der Waals surface area contributed by atoms with Crippen molar-refractivity contribution in [1.29, 1.82) is 0 Å². The first kappa shape index (κ1) is 21.7. The maximum Gasteiger partial charge on any atom is 0.302 e. The molecule has 0 aromatic rings. The quantitative estimate of drug-likeness (QED) is 0.430. The lowest BCUT2D eigenvalue weighted by molar-refractivity contribution is -0.148. The number of rotatable bonds is 2. The molecule has 0 spiro atoms. The Kier molecular flexibility index (Phi) is 5.05. The zero-order chi connectivity index (χ0) is 22.2. The Bertz CT molecular complexity index is 811. The molecule has 3 heteroatoms. The minimum atomic E-state index is -0.518. The summed E-state index contributed by atoms with van der Waals surface area (Å²) < 4.78 is 5.60. The molecule has 5 aliphatic carbocycles. The number of allylic oxidation sites excluding steroid dienone is 2. The van der Waals surface area contributed by atoms with Gasteiger partial charge in [0, 0.05) is 19.3 Å². The van der Waals surface area contributed by atoms with Crippen LogP contribution >= 0.6 is 0 Å². The number of hydrogen-bond donors (Lipinski definition) is 1. The number of ether oxygens (including phenoxy) is 1. The normalized spacial score (nSPS) is 50.7. The molecule has 9 unspecified atom stereocenters. The van der Waals surface area contributed by atoms with Gasteiger partial charge in [-0.15, -0.1) is 0 Å². The molecule has 0 radical (unpaired) electrons. The average molecular weight is 427 g/mol. The van der Waals surface area contributed by atoms with E-state index in [2.05, 4.69) is 45.9 Å². The summed E-state index contributed by atoms with van der Waals surface area (Å²) in [5.41, 5.74) is 1.51. The molecule has 0 bridgehead atoms. The number of carbonyl (C=O) groups excluding carboxylic acids is 1. The van der Waals surface area contributed by atoms with E-state index in [0.717, 1.165) is 38.5 Å². The fourth-order valence-electron chi connectivity index (χ4n) is 9.36. The Morgan fingerprint density at radius 3 is 2.68 bits per heavy atom. The largest absolute Gasteiger partial charge is 0.462 e. The van der Waals surface area contributed by atoms with Crippen LogP contribution in [0.25, 0.3) is 0 Å². The number of esters is 1. The molecule has 9 atom stereocenters. The average Bonchev–Trinajstić information content (AvgIpc) is 2.95. The lowest BCUT2D eigenvalue weighted by Gasteiger charge is -2.58. The summed E-state index contributed by atoms with van der Waals surface area (Å²) in [5, 5.41) is 11.9. The van der Waals surface area contributed by atoms with E-state index in [1.807, 2.05) is 0 Å². The maximum atomic E-state index is 11.9. The van der Waals surface area contributed by atoms with Gasteiger partial charge in [0.1, 0.15) is 6.10 Å². The van der Waals surface area contributed by atoms with Crippen molar-refractivity contribution in [2.24, 2.45) is 46.3 Å². The fourth-order valence-corrected chi connectivity index (χ4v) is 9.36. The van der Waals surface area contributed by atoms with Crippen molar-refractivity contribution in [2.75, 3.05) is 0 Å². The van der Waals surface area contributed by atoms with Gasteiger partial charge >= 0.3 is 5.97 Å². The lowest BCUT2D eigenvalue weighted by Crippen LogP contribution is -2.52. The molecule has 0 aliphatic heterocycles. The Morgan fingerprint density at radius 2 is 1.97 bits per heavy atom. The molecule has 0 heterocycles. The molecule has 5 rings (SSSR count). The minimum absolute atomic E-state index is 0.0650. The van der Waals surface area contributed by atoms with Crippen LogP contribution in [0, 0.1) is 46.3 Å². The summed E-state index contributed by atoms with van der Waals surface area (Å²) in [5.74, 6) is 3.32. The van der Waals surface area contributed by atoms with Crippen LogP contribution < -0.4 is 0 Å². The van der Waals surface area contributed by atoms with Gasteiger partial charge < -0.3 is 9.84 Å². The first-order valence-corrected chi connectivity index (χ1v) is 12.8. The highest BCUT2D eigenvalue weighted by atomic mass is 16.5. The Morgan fingerprint density at radius 1 is 1.19 bits per heavy atom. The highest BCUT2D eigenvalue weighted by Crippen LogP contribution is 2.70. The van der Waals surface area contributed by atoms with Crippen LogP contribution in [0.4, 0.5) is 0 Å². The first-order valence-electron chi connectivity index (χ1n) is 12.8. The van der Waals surface area contributed by atoms with Gasteiger partial charge in [0.15, 0.2) is 0 Å². The van der Waals surface area contributed by atoms with Crippen LogP contribution in [0.2, 0.25) is 0 Å². The molecule has 3 nitrogen and oxygen atoms in total. The molecule has 31 heavy (non-hydrogen) atoms. The fraction of sp³-hybridized carbons (Fsp3) is 0.821. The second kappa shape index (κ2) is 7.20. The predicted octanol–water partition coefficient (Wildman–Crippen LogP) is 6.07. The highest BCUT2D eigenvalue weighted by Gasteiger charge is 2.66. The zero-order valence-corrected chi connectivity index (χ0v) is 20.2. The number of carbonyl (C=O) groups is 1. The molecular formula is C28H42O3. The van der Waals surface area contributed by atoms with Crippen molar-refractivity contribution < 1.29 is 14.6 Å². The molecule has 5 aliphatic rings. The predicted molar refractivity (Wildman–Crippen MR) is 123 cm³/mol. The van der Waals surface area contributed by atoms with Gasteiger partial charge in [0.2, 0.25) is 0 Å². The van der Waals surface area contributed by atoms with Crippen molar-refractivity contribution >= 4 is 5.97 Å². The SMILES string of the molecule is CC(=O)OC1CCC2(C)C(=CCC3C2CCC2(C)C3CC3(O)CC=CC(C(C)C)C32)C1. The van der Waals surface area contributed by atoms with Gasteiger partial charge in [-0.25, -0.2) is 0 Å². The second-order valence-corrected chi connectivity index (χ2v) is 12.5.